The van der Waals surface area contributed by atoms with Crippen LogP contribution in [0.15, 0.2) is 42.5 Å². The van der Waals surface area contributed by atoms with Crippen LogP contribution >= 0.6 is 34.8 Å². The molecule has 2 aromatic rings. The summed E-state index contributed by atoms with van der Waals surface area (Å²) in [5.74, 6) is -0.885. The lowest BCUT2D eigenvalue weighted by atomic mass is 10.1. The standard InChI is InChI=1S/C24H28Cl3N3O4S/c1-16(24(32)28-18-9-4-5-10-18)29(14-17-8-3-6-11-19(17)25)22(31)15-30(35(2,33)34)21-13-7-12-20(26)23(21)27/h3,6-8,11-13,16,18H,4-5,9-10,14-15H2,1-2H3,(H,28,32). The third kappa shape index (κ3) is 7.03. The third-order valence-electron chi connectivity index (χ3n) is 6.05. The Bertz CT molecular complexity index is 1190. The third-order valence-corrected chi connectivity index (χ3v) is 8.35. The largest absolute Gasteiger partial charge is 0.352 e. The topological polar surface area (TPSA) is 86.8 Å². The van der Waals surface area contributed by atoms with Crippen molar-refractivity contribution in [3.05, 3.63) is 63.1 Å². The molecule has 0 aliphatic heterocycles. The van der Waals surface area contributed by atoms with Crippen LogP contribution in [-0.2, 0) is 26.2 Å². The van der Waals surface area contributed by atoms with Crippen LogP contribution in [0.3, 0.4) is 0 Å². The number of nitrogens with one attached hydrogen (secondary N) is 1. The van der Waals surface area contributed by atoms with Gasteiger partial charge < -0.3 is 10.2 Å². The van der Waals surface area contributed by atoms with Crippen LogP contribution in [0.4, 0.5) is 5.69 Å². The second kappa shape index (κ2) is 11.8. The fourth-order valence-corrected chi connectivity index (χ4v) is 5.56. The monoisotopic (exact) mass is 559 g/mol. The summed E-state index contributed by atoms with van der Waals surface area (Å²) in [5, 5.41) is 3.61. The Balaban J connectivity index is 1.92. The zero-order chi connectivity index (χ0) is 25.8. The highest BCUT2D eigenvalue weighted by Gasteiger charge is 2.32. The van der Waals surface area contributed by atoms with E-state index >= 15 is 0 Å². The molecule has 7 nitrogen and oxygen atoms in total. The van der Waals surface area contributed by atoms with E-state index in [4.69, 9.17) is 34.8 Å². The smallest absolute Gasteiger partial charge is 0.244 e. The maximum Gasteiger partial charge on any atom is 0.244 e. The number of halogens is 3. The maximum absolute atomic E-state index is 13.6. The first-order valence-corrected chi connectivity index (χ1v) is 14.2. The van der Waals surface area contributed by atoms with E-state index in [9.17, 15) is 18.0 Å². The summed E-state index contributed by atoms with van der Waals surface area (Å²) in [6.45, 7) is 1.08. The normalized spacial score (nSPS) is 15.0. The molecule has 1 N–H and O–H groups in total. The average Bonchev–Trinajstić information content (AvgIpc) is 3.30. The van der Waals surface area contributed by atoms with Gasteiger partial charge in [-0.15, -0.1) is 0 Å². The number of benzene rings is 2. The maximum atomic E-state index is 13.6. The summed E-state index contributed by atoms with van der Waals surface area (Å²) < 4.78 is 26.2. The van der Waals surface area contributed by atoms with Gasteiger partial charge in [-0.05, 0) is 43.5 Å². The number of hydrogen-bond acceptors (Lipinski definition) is 4. The molecular formula is C24H28Cl3N3O4S. The molecule has 3 rings (SSSR count). The lowest BCUT2D eigenvalue weighted by Crippen LogP contribution is -2.52. The van der Waals surface area contributed by atoms with E-state index in [2.05, 4.69) is 5.32 Å². The van der Waals surface area contributed by atoms with Gasteiger partial charge in [0, 0.05) is 17.6 Å². The van der Waals surface area contributed by atoms with Gasteiger partial charge in [-0.25, -0.2) is 8.42 Å². The van der Waals surface area contributed by atoms with Crippen molar-refractivity contribution in [2.45, 2.75) is 51.2 Å². The van der Waals surface area contributed by atoms with E-state index in [1.165, 1.54) is 17.0 Å². The quantitative estimate of drug-likeness (QED) is 0.473. The number of anilines is 1. The summed E-state index contributed by atoms with van der Waals surface area (Å²) in [6, 6.07) is 10.7. The number of rotatable bonds is 9. The highest BCUT2D eigenvalue weighted by atomic mass is 35.5. The van der Waals surface area contributed by atoms with Gasteiger partial charge in [-0.3, -0.25) is 13.9 Å². The minimum Gasteiger partial charge on any atom is -0.352 e. The van der Waals surface area contributed by atoms with Crippen LogP contribution in [0.5, 0.6) is 0 Å². The molecule has 1 aliphatic carbocycles. The minimum absolute atomic E-state index is 0.0112. The summed E-state index contributed by atoms with van der Waals surface area (Å²) in [6.07, 6.45) is 4.86. The van der Waals surface area contributed by atoms with Gasteiger partial charge in [-0.1, -0.05) is 71.9 Å². The average molecular weight is 561 g/mol. The van der Waals surface area contributed by atoms with Crippen LogP contribution in [0, 0.1) is 0 Å². The Morgan fingerprint density at radius 2 is 1.66 bits per heavy atom. The fraction of sp³-hybridized carbons (Fsp3) is 0.417. The molecule has 2 amide bonds. The molecule has 1 fully saturated rings. The van der Waals surface area contributed by atoms with E-state index in [1.54, 1.807) is 37.3 Å². The molecule has 1 saturated carbocycles. The molecule has 2 aromatic carbocycles. The van der Waals surface area contributed by atoms with Crippen LogP contribution in [-0.4, -0.2) is 50.0 Å². The predicted octanol–water partition coefficient (Wildman–Crippen LogP) is 4.89. The number of amides is 2. The number of nitrogens with zero attached hydrogens (tertiary/aromatic N) is 2. The van der Waals surface area contributed by atoms with Gasteiger partial charge in [-0.2, -0.15) is 0 Å². The summed E-state index contributed by atoms with van der Waals surface area (Å²) in [4.78, 5) is 28.0. The van der Waals surface area contributed by atoms with Crippen molar-refractivity contribution in [2.24, 2.45) is 0 Å². The fourth-order valence-electron chi connectivity index (χ4n) is 4.06. The van der Waals surface area contributed by atoms with Crippen molar-refractivity contribution < 1.29 is 18.0 Å². The second-order valence-electron chi connectivity index (χ2n) is 8.62. The first-order valence-electron chi connectivity index (χ1n) is 11.2. The van der Waals surface area contributed by atoms with Crippen molar-refractivity contribution in [3.63, 3.8) is 0 Å². The molecule has 35 heavy (non-hydrogen) atoms. The molecule has 0 aromatic heterocycles. The molecular weight excluding hydrogens is 533 g/mol. The molecule has 1 aliphatic rings. The minimum atomic E-state index is -3.92. The van der Waals surface area contributed by atoms with Crippen LogP contribution in [0.25, 0.3) is 0 Å². The Hall–Kier alpha value is -2.00. The van der Waals surface area contributed by atoms with Gasteiger partial charge >= 0.3 is 0 Å². The van der Waals surface area contributed by atoms with Crippen LogP contribution < -0.4 is 9.62 Å². The predicted molar refractivity (Wildman–Crippen MR) is 141 cm³/mol. The SMILES string of the molecule is CC(C(=O)NC1CCCC1)N(Cc1ccccc1Cl)C(=O)CN(c1cccc(Cl)c1Cl)S(C)(=O)=O. The van der Waals surface area contributed by atoms with E-state index < -0.39 is 28.5 Å². The van der Waals surface area contributed by atoms with Crippen molar-refractivity contribution in [2.75, 3.05) is 17.1 Å². The van der Waals surface area contributed by atoms with E-state index in [0.29, 0.717) is 10.6 Å². The molecule has 1 unspecified atom stereocenters. The number of hydrogen-bond donors (Lipinski definition) is 1. The number of sulfonamides is 1. The first kappa shape index (κ1) is 27.6. The van der Waals surface area contributed by atoms with Gasteiger partial charge in [0.15, 0.2) is 0 Å². The van der Waals surface area contributed by atoms with Crippen molar-refractivity contribution in [3.8, 4) is 0 Å². The molecule has 0 spiro atoms. The van der Waals surface area contributed by atoms with Crippen molar-refractivity contribution in [1.29, 1.82) is 0 Å². The van der Waals surface area contributed by atoms with Crippen LogP contribution in [0.2, 0.25) is 15.1 Å². The van der Waals surface area contributed by atoms with E-state index in [1.807, 2.05) is 0 Å². The Labute approximate surface area is 221 Å². The van der Waals surface area contributed by atoms with E-state index in [-0.39, 0.29) is 34.2 Å². The van der Waals surface area contributed by atoms with Gasteiger partial charge in [0.1, 0.15) is 12.6 Å². The molecule has 11 heteroatoms. The lowest BCUT2D eigenvalue weighted by Gasteiger charge is -2.32. The summed E-state index contributed by atoms with van der Waals surface area (Å²) in [7, 11) is -3.92. The molecule has 0 heterocycles. The van der Waals surface area contributed by atoms with Crippen molar-refractivity contribution in [1.82, 2.24) is 10.2 Å². The van der Waals surface area contributed by atoms with Crippen LogP contribution in [0.1, 0.15) is 38.2 Å². The zero-order valence-electron chi connectivity index (χ0n) is 19.5. The Kier molecular flexibility index (Phi) is 9.32. The molecule has 190 valence electrons. The number of carbonyl (C=O) groups excluding carboxylic acids is 2. The molecule has 1 atom stereocenters. The highest BCUT2D eigenvalue weighted by molar-refractivity contribution is 7.92. The molecule has 0 bridgehead atoms. The van der Waals surface area contributed by atoms with Gasteiger partial charge in [0.05, 0.1) is 22.0 Å². The second-order valence-corrected chi connectivity index (χ2v) is 11.7. The van der Waals surface area contributed by atoms with E-state index in [0.717, 1.165) is 36.2 Å². The van der Waals surface area contributed by atoms with Crippen molar-refractivity contribution >= 4 is 62.3 Å². The zero-order valence-corrected chi connectivity index (χ0v) is 22.6. The first-order chi connectivity index (χ1) is 16.5. The summed E-state index contributed by atoms with van der Waals surface area (Å²) >= 11 is 18.7. The number of carbonyl (C=O) groups is 2. The lowest BCUT2D eigenvalue weighted by molar-refractivity contribution is -0.139. The van der Waals surface area contributed by atoms with Gasteiger partial charge in [0.2, 0.25) is 21.8 Å². The Morgan fingerprint density at radius 3 is 2.29 bits per heavy atom. The van der Waals surface area contributed by atoms with Gasteiger partial charge in [0.25, 0.3) is 0 Å². The summed E-state index contributed by atoms with van der Waals surface area (Å²) in [5.41, 5.74) is 0.713. The Morgan fingerprint density at radius 1 is 1.03 bits per heavy atom. The highest BCUT2D eigenvalue weighted by Crippen LogP contribution is 2.34. The molecule has 0 saturated heterocycles. The molecule has 0 radical (unpaired) electrons.